The lowest BCUT2D eigenvalue weighted by Gasteiger charge is -2.29. The Labute approximate surface area is 164 Å². The van der Waals surface area contributed by atoms with Gasteiger partial charge in [-0.25, -0.2) is 4.98 Å². The van der Waals surface area contributed by atoms with Crippen molar-refractivity contribution in [1.29, 1.82) is 0 Å². The van der Waals surface area contributed by atoms with E-state index >= 15 is 0 Å². The van der Waals surface area contributed by atoms with Gasteiger partial charge >= 0.3 is 0 Å². The van der Waals surface area contributed by atoms with E-state index in [1.54, 1.807) is 11.3 Å². The minimum Gasteiger partial charge on any atom is -0.298 e. The summed E-state index contributed by atoms with van der Waals surface area (Å²) < 4.78 is 0. The molecule has 0 spiro atoms. The molecule has 0 radical (unpaired) electrons. The molecule has 0 saturated carbocycles. The molecule has 0 bridgehead atoms. The normalized spacial score (nSPS) is 15.9. The number of carbonyl (C=O) groups excluding carboxylic acids is 1. The maximum atomic E-state index is 12.8. The lowest BCUT2D eigenvalue weighted by Crippen LogP contribution is -2.32. The fourth-order valence-electron chi connectivity index (χ4n) is 3.64. The van der Waals surface area contributed by atoms with Crippen LogP contribution in [0, 0.1) is 12.8 Å². The summed E-state index contributed by atoms with van der Waals surface area (Å²) >= 11 is 1.60. The molecule has 4 rings (SSSR count). The zero-order valence-electron chi connectivity index (χ0n) is 15.9. The summed E-state index contributed by atoms with van der Waals surface area (Å²) in [5.74, 6) is 0.734. The molecule has 1 aliphatic heterocycles. The first kappa shape index (κ1) is 18.1. The van der Waals surface area contributed by atoms with Crippen LogP contribution in [-0.2, 0) is 6.54 Å². The second kappa shape index (κ2) is 7.79. The van der Waals surface area contributed by atoms with Crippen LogP contribution < -0.4 is 5.32 Å². The highest BCUT2D eigenvalue weighted by Crippen LogP contribution is 2.27. The van der Waals surface area contributed by atoms with Crippen LogP contribution in [0.25, 0.3) is 10.8 Å². The van der Waals surface area contributed by atoms with E-state index in [2.05, 4.69) is 22.1 Å². The predicted octanol–water partition coefficient (Wildman–Crippen LogP) is 5.09. The SMILES string of the molecule is Cc1nc(NC(=O)c2cccc3ccccc23)sc1CN1CCC(C)CC1. The van der Waals surface area contributed by atoms with E-state index in [1.165, 1.54) is 17.7 Å². The number of hydrogen-bond donors (Lipinski definition) is 1. The van der Waals surface area contributed by atoms with Crippen LogP contribution in [0.5, 0.6) is 0 Å². The summed E-state index contributed by atoms with van der Waals surface area (Å²) in [6, 6.07) is 13.8. The van der Waals surface area contributed by atoms with Gasteiger partial charge in [-0.15, -0.1) is 11.3 Å². The van der Waals surface area contributed by atoms with Crippen molar-refractivity contribution in [1.82, 2.24) is 9.88 Å². The highest BCUT2D eigenvalue weighted by molar-refractivity contribution is 7.15. The highest BCUT2D eigenvalue weighted by atomic mass is 32.1. The second-order valence-corrected chi connectivity index (χ2v) is 8.55. The monoisotopic (exact) mass is 379 g/mol. The first-order chi connectivity index (χ1) is 13.1. The minimum atomic E-state index is -0.0982. The van der Waals surface area contributed by atoms with Gasteiger partial charge in [0.2, 0.25) is 0 Å². The van der Waals surface area contributed by atoms with Crippen molar-refractivity contribution in [2.75, 3.05) is 18.4 Å². The number of hydrogen-bond acceptors (Lipinski definition) is 4. The van der Waals surface area contributed by atoms with Crippen LogP contribution in [-0.4, -0.2) is 28.9 Å². The van der Waals surface area contributed by atoms with Crippen LogP contribution in [0.2, 0.25) is 0 Å². The molecule has 3 aromatic rings. The number of aromatic nitrogens is 1. The maximum Gasteiger partial charge on any atom is 0.258 e. The summed E-state index contributed by atoms with van der Waals surface area (Å²) in [5.41, 5.74) is 1.71. The first-order valence-corrected chi connectivity index (χ1v) is 10.4. The van der Waals surface area contributed by atoms with Crippen molar-refractivity contribution in [3.8, 4) is 0 Å². The highest BCUT2D eigenvalue weighted by Gasteiger charge is 2.19. The number of nitrogens with zero attached hydrogens (tertiary/aromatic N) is 2. The lowest BCUT2D eigenvalue weighted by molar-refractivity contribution is 0.102. The van der Waals surface area contributed by atoms with Gasteiger partial charge in [0.1, 0.15) is 0 Å². The lowest BCUT2D eigenvalue weighted by atomic mass is 9.99. The summed E-state index contributed by atoms with van der Waals surface area (Å²) in [6.07, 6.45) is 2.53. The Morgan fingerprint density at radius 3 is 2.74 bits per heavy atom. The van der Waals surface area contributed by atoms with Gasteiger partial charge in [-0.2, -0.15) is 0 Å². The molecule has 1 aliphatic rings. The number of piperidine rings is 1. The zero-order chi connectivity index (χ0) is 18.8. The van der Waals surface area contributed by atoms with E-state index in [0.29, 0.717) is 10.7 Å². The Kier molecular flexibility index (Phi) is 5.23. The number of benzene rings is 2. The molecule has 27 heavy (non-hydrogen) atoms. The standard InChI is InChI=1S/C22H25N3OS/c1-15-10-12-25(13-11-15)14-20-16(2)23-22(27-20)24-21(26)19-9-5-7-17-6-3-4-8-18(17)19/h3-9,15H,10-14H2,1-2H3,(H,23,24,26). The van der Waals surface area contributed by atoms with Crippen molar-refractivity contribution < 1.29 is 4.79 Å². The number of aryl methyl sites for hydroxylation is 1. The van der Waals surface area contributed by atoms with Gasteiger partial charge in [0, 0.05) is 17.0 Å². The zero-order valence-corrected chi connectivity index (χ0v) is 16.7. The predicted molar refractivity (Wildman–Crippen MR) is 112 cm³/mol. The molecule has 1 amide bonds. The molecular weight excluding hydrogens is 354 g/mol. The fourth-order valence-corrected chi connectivity index (χ4v) is 4.64. The molecular formula is C22H25N3OS. The Morgan fingerprint density at radius 2 is 1.93 bits per heavy atom. The van der Waals surface area contributed by atoms with Gasteiger partial charge < -0.3 is 0 Å². The number of nitrogens with one attached hydrogen (secondary N) is 1. The van der Waals surface area contributed by atoms with E-state index in [0.717, 1.165) is 42.0 Å². The molecule has 2 heterocycles. The van der Waals surface area contributed by atoms with Gasteiger partial charge in [0.25, 0.3) is 5.91 Å². The largest absolute Gasteiger partial charge is 0.298 e. The number of fused-ring (bicyclic) bond motifs is 1. The first-order valence-electron chi connectivity index (χ1n) is 9.58. The van der Waals surface area contributed by atoms with Gasteiger partial charge in [0.05, 0.1) is 5.69 Å². The maximum absolute atomic E-state index is 12.8. The van der Waals surface area contributed by atoms with E-state index in [4.69, 9.17) is 0 Å². The van der Waals surface area contributed by atoms with E-state index < -0.39 is 0 Å². The summed E-state index contributed by atoms with van der Waals surface area (Å²) in [6.45, 7) is 7.59. The van der Waals surface area contributed by atoms with Crippen LogP contribution in [0.4, 0.5) is 5.13 Å². The van der Waals surface area contributed by atoms with Crippen LogP contribution in [0.15, 0.2) is 42.5 Å². The summed E-state index contributed by atoms with van der Waals surface area (Å²) in [4.78, 5) is 21.2. The molecule has 140 valence electrons. The third kappa shape index (κ3) is 4.04. The Morgan fingerprint density at radius 1 is 1.19 bits per heavy atom. The van der Waals surface area contributed by atoms with E-state index in [9.17, 15) is 4.79 Å². The molecule has 5 heteroatoms. The van der Waals surface area contributed by atoms with Crippen molar-refractivity contribution in [3.05, 3.63) is 58.6 Å². The smallest absolute Gasteiger partial charge is 0.258 e. The number of likely N-dealkylation sites (tertiary alicyclic amines) is 1. The average molecular weight is 380 g/mol. The molecule has 4 nitrogen and oxygen atoms in total. The quantitative estimate of drug-likeness (QED) is 0.687. The molecule has 2 aromatic carbocycles. The van der Waals surface area contributed by atoms with Crippen LogP contribution in [0.1, 0.15) is 40.7 Å². The Balaban J connectivity index is 1.49. The number of carbonyl (C=O) groups is 1. The number of amides is 1. The average Bonchev–Trinajstić information content (AvgIpc) is 3.02. The van der Waals surface area contributed by atoms with Gasteiger partial charge in [-0.3, -0.25) is 15.0 Å². The van der Waals surface area contributed by atoms with Crippen molar-refractivity contribution >= 4 is 33.1 Å². The topological polar surface area (TPSA) is 45.2 Å². The third-order valence-electron chi connectivity index (χ3n) is 5.39. The number of thiazole rings is 1. The number of rotatable bonds is 4. The summed E-state index contributed by atoms with van der Waals surface area (Å²) in [5, 5.41) is 5.73. The second-order valence-electron chi connectivity index (χ2n) is 7.47. The molecule has 0 atom stereocenters. The van der Waals surface area contributed by atoms with Gasteiger partial charge in [-0.1, -0.05) is 43.3 Å². The van der Waals surface area contributed by atoms with E-state index in [1.807, 2.05) is 49.4 Å². The number of anilines is 1. The molecule has 1 saturated heterocycles. The Bertz CT molecular complexity index is 952. The minimum absolute atomic E-state index is 0.0982. The van der Waals surface area contributed by atoms with Gasteiger partial charge in [-0.05, 0) is 55.6 Å². The summed E-state index contributed by atoms with van der Waals surface area (Å²) in [7, 11) is 0. The van der Waals surface area contributed by atoms with Gasteiger partial charge in [0.15, 0.2) is 5.13 Å². The molecule has 0 unspecified atom stereocenters. The Hall–Kier alpha value is -2.24. The molecule has 1 fully saturated rings. The van der Waals surface area contributed by atoms with Crippen molar-refractivity contribution in [2.24, 2.45) is 5.92 Å². The van der Waals surface area contributed by atoms with E-state index in [-0.39, 0.29) is 5.91 Å². The fraction of sp³-hybridized carbons (Fsp3) is 0.364. The molecule has 1 aromatic heterocycles. The van der Waals surface area contributed by atoms with Crippen LogP contribution in [0.3, 0.4) is 0 Å². The van der Waals surface area contributed by atoms with Crippen LogP contribution >= 0.6 is 11.3 Å². The van der Waals surface area contributed by atoms with Crippen molar-refractivity contribution in [2.45, 2.75) is 33.2 Å². The third-order valence-corrected chi connectivity index (χ3v) is 6.45. The van der Waals surface area contributed by atoms with Crippen molar-refractivity contribution in [3.63, 3.8) is 0 Å². The molecule has 0 aliphatic carbocycles. The molecule has 1 N–H and O–H groups in total.